The van der Waals surface area contributed by atoms with E-state index < -0.39 is 11.7 Å². The van der Waals surface area contributed by atoms with Crippen LogP contribution < -0.4 is 0 Å². The first-order chi connectivity index (χ1) is 11.5. The minimum atomic E-state index is -4.37. The van der Waals surface area contributed by atoms with E-state index in [-0.39, 0.29) is 0 Å². The average Bonchev–Trinajstić information content (AvgIpc) is 2.61. The van der Waals surface area contributed by atoms with Gasteiger partial charge >= 0.3 is 6.18 Å². The fourth-order valence-electron chi connectivity index (χ4n) is 2.18. The molecule has 1 aromatic heterocycles. The summed E-state index contributed by atoms with van der Waals surface area (Å²) in [7, 11) is 0. The summed E-state index contributed by atoms with van der Waals surface area (Å²) >= 11 is 0. The van der Waals surface area contributed by atoms with Gasteiger partial charge in [-0.1, -0.05) is 24.3 Å². The normalized spacial score (nSPS) is 11.1. The largest absolute Gasteiger partial charge is 0.416 e. The van der Waals surface area contributed by atoms with Crippen LogP contribution in [0.1, 0.15) is 11.1 Å². The summed E-state index contributed by atoms with van der Waals surface area (Å²) < 4.78 is 37.8. The first-order valence-electron chi connectivity index (χ1n) is 6.98. The maximum atomic E-state index is 12.6. The van der Waals surface area contributed by atoms with E-state index in [2.05, 4.69) is 9.97 Å². The predicted molar refractivity (Wildman–Crippen MR) is 82.6 cm³/mol. The van der Waals surface area contributed by atoms with Crippen LogP contribution in [0.4, 0.5) is 13.2 Å². The van der Waals surface area contributed by atoms with E-state index in [1.165, 1.54) is 12.1 Å². The fraction of sp³-hybridized carbons (Fsp3) is 0.0556. The zero-order chi connectivity index (χ0) is 17.2. The smallest absolute Gasteiger partial charge is 0.237 e. The Hall–Kier alpha value is -3.20. The molecule has 3 rings (SSSR count). The number of nitriles is 1. The maximum absolute atomic E-state index is 12.6. The zero-order valence-corrected chi connectivity index (χ0v) is 12.2. The van der Waals surface area contributed by atoms with Gasteiger partial charge in [-0.3, -0.25) is 0 Å². The molecule has 0 N–H and O–H groups in total. The zero-order valence-electron chi connectivity index (χ0n) is 12.2. The number of alkyl halides is 3. The maximum Gasteiger partial charge on any atom is 0.416 e. The molecule has 2 aromatic carbocycles. The van der Waals surface area contributed by atoms with E-state index in [0.717, 1.165) is 17.7 Å². The van der Waals surface area contributed by atoms with Crippen LogP contribution in [0.15, 0.2) is 60.8 Å². The number of rotatable bonds is 2. The van der Waals surface area contributed by atoms with Crippen molar-refractivity contribution in [1.82, 2.24) is 9.97 Å². The van der Waals surface area contributed by atoms with E-state index in [9.17, 15) is 13.2 Å². The molecule has 1 heterocycles. The summed E-state index contributed by atoms with van der Waals surface area (Å²) in [6, 6.07) is 15.3. The molecular weight excluding hydrogens is 315 g/mol. The van der Waals surface area contributed by atoms with Crippen LogP contribution >= 0.6 is 0 Å². The van der Waals surface area contributed by atoms with Gasteiger partial charge in [0.2, 0.25) is 0 Å². The van der Waals surface area contributed by atoms with Gasteiger partial charge in [-0.15, -0.1) is 0 Å². The molecule has 6 heteroatoms. The molecule has 0 unspecified atom stereocenters. The van der Waals surface area contributed by atoms with Crippen LogP contribution in [-0.4, -0.2) is 9.97 Å². The highest BCUT2D eigenvalue weighted by Crippen LogP contribution is 2.30. The Balaban J connectivity index is 1.94. The highest BCUT2D eigenvalue weighted by molar-refractivity contribution is 5.64. The molecule has 3 aromatic rings. The van der Waals surface area contributed by atoms with Crippen molar-refractivity contribution in [2.24, 2.45) is 0 Å². The molecular formula is C18H10F3N3. The van der Waals surface area contributed by atoms with Crippen molar-refractivity contribution >= 4 is 0 Å². The number of hydrogen-bond acceptors (Lipinski definition) is 3. The molecule has 0 atom stereocenters. The molecule has 0 aliphatic rings. The van der Waals surface area contributed by atoms with Crippen LogP contribution in [0.2, 0.25) is 0 Å². The van der Waals surface area contributed by atoms with Crippen molar-refractivity contribution in [1.29, 1.82) is 5.26 Å². The standard InChI is InChI=1S/C18H10F3N3/c19-18(20,21)15-7-5-14(6-8-15)17-23-10-9-16(24-17)13-3-1-12(11-22)2-4-13/h1-10H. The summed E-state index contributed by atoms with van der Waals surface area (Å²) in [5.74, 6) is 0.339. The second-order valence-electron chi connectivity index (χ2n) is 5.03. The van der Waals surface area contributed by atoms with E-state index in [4.69, 9.17) is 5.26 Å². The van der Waals surface area contributed by atoms with Crippen molar-refractivity contribution < 1.29 is 13.2 Å². The summed E-state index contributed by atoms with van der Waals surface area (Å²) in [6.07, 6.45) is -2.82. The van der Waals surface area contributed by atoms with Crippen LogP contribution in [0.3, 0.4) is 0 Å². The number of benzene rings is 2. The first-order valence-corrected chi connectivity index (χ1v) is 6.98. The molecule has 3 nitrogen and oxygen atoms in total. The Labute approximate surface area is 136 Å². The van der Waals surface area contributed by atoms with E-state index in [1.54, 1.807) is 36.5 Å². The Kier molecular flexibility index (Phi) is 4.00. The SMILES string of the molecule is N#Cc1ccc(-c2ccnc(-c3ccc(C(F)(F)F)cc3)n2)cc1. The van der Waals surface area contributed by atoms with Gasteiger partial charge in [0.1, 0.15) is 0 Å². The van der Waals surface area contributed by atoms with Gasteiger partial charge in [-0.25, -0.2) is 9.97 Å². The van der Waals surface area contributed by atoms with Crippen LogP contribution in [0, 0.1) is 11.3 Å². The lowest BCUT2D eigenvalue weighted by Crippen LogP contribution is -2.04. The van der Waals surface area contributed by atoms with Crippen LogP contribution in [0.5, 0.6) is 0 Å². The highest BCUT2D eigenvalue weighted by atomic mass is 19.4. The van der Waals surface area contributed by atoms with Crippen molar-refractivity contribution in [3.05, 3.63) is 71.9 Å². The average molecular weight is 325 g/mol. The minimum Gasteiger partial charge on any atom is -0.237 e. The second kappa shape index (κ2) is 6.13. The quantitative estimate of drug-likeness (QED) is 0.686. The molecule has 0 amide bonds. The molecule has 0 bridgehead atoms. The highest BCUT2D eigenvalue weighted by Gasteiger charge is 2.30. The fourth-order valence-corrected chi connectivity index (χ4v) is 2.18. The molecule has 0 saturated carbocycles. The van der Waals surface area contributed by atoms with Gasteiger partial charge in [0, 0.05) is 17.3 Å². The molecule has 0 saturated heterocycles. The van der Waals surface area contributed by atoms with Gasteiger partial charge in [-0.2, -0.15) is 18.4 Å². The lowest BCUT2D eigenvalue weighted by molar-refractivity contribution is -0.137. The van der Waals surface area contributed by atoms with Crippen LogP contribution in [-0.2, 0) is 6.18 Å². The third kappa shape index (κ3) is 3.25. The van der Waals surface area contributed by atoms with Gasteiger partial charge < -0.3 is 0 Å². The van der Waals surface area contributed by atoms with Crippen molar-refractivity contribution in [3.8, 4) is 28.7 Å². The summed E-state index contributed by atoms with van der Waals surface area (Å²) in [5, 5.41) is 8.82. The van der Waals surface area contributed by atoms with Gasteiger partial charge in [0.25, 0.3) is 0 Å². The Morgan fingerprint density at radius 2 is 1.46 bits per heavy atom. The number of halogens is 3. The third-order valence-electron chi connectivity index (χ3n) is 3.44. The molecule has 0 spiro atoms. The van der Waals surface area contributed by atoms with E-state index in [1.807, 2.05) is 6.07 Å². The molecule has 0 fully saturated rings. The Morgan fingerprint density at radius 1 is 0.833 bits per heavy atom. The third-order valence-corrected chi connectivity index (χ3v) is 3.44. The Morgan fingerprint density at radius 3 is 2.04 bits per heavy atom. The van der Waals surface area contributed by atoms with Crippen LogP contribution in [0.25, 0.3) is 22.6 Å². The molecule has 0 aliphatic carbocycles. The number of nitrogens with zero attached hydrogens (tertiary/aromatic N) is 3. The minimum absolute atomic E-state index is 0.339. The number of aromatic nitrogens is 2. The molecule has 0 aliphatic heterocycles. The first kappa shape index (κ1) is 15.7. The Bertz CT molecular complexity index is 893. The summed E-state index contributed by atoms with van der Waals surface area (Å²) in [5.41, 5.74) is 1.75. The monoisotopic (exact) mass is 325 g/mol. The summed E-state index contributed by atoms with van der Waals surface area (Å²) in [4.78, 5) is 8.50. The topological polar surface area (TPSA) is 49.6 Å². The van der Waals surface area contributed by atoms with Crippen molar-refractivity contribution in [2.75, 3.05) is 0 Å². The lowest BCUT2D eigenvalue weighted by Gasteiger charge is -2.08. The summed E-state index contributed by atoms with van der Waals surface area (Å²) in [6.45, 7) is 0. The lowest BCUT2D eigenvalue weighted by atomic mass is 10.1. The van der Waals surface area contributed by atoms with Crippen molar-refractivity contribution in [3.63, 3.8) is 0 Å². The van der Waals surface area contributed by atoms with E-state index in [0.29, 0.717) is 22.6 Å². The number of hydrogen-bond donors (Lipinski definition) is 0. The molecule has 0 radical (unpaired) electrons. The van der Waals surface area contributed by atoms with Gasteiger partial charge in [0.15, 0.2) is 5.82 Å². The van der Waals surface area contributed by atoms with Crippen molar-refractivity contribution in [2.45, 2.75) is 6.18 Å². The predicted octanol–water partition coefficient (Wildman–Crippen LogP) is 4.70. The van der Waals surface area contributed by atoms with Gasteiger partial charge in [-0.05, 0) is 30.3 Å². The molecule has 118 valence electrons. The second-order valence-corrected chi connectivity index (χ2v) is 5.03. The molecule has 24 heavy (non-hydrogen) atoms. The van der Waals surface area contributed by atoms with Gasteiger partial charge in [0.05, 0.1) is 22.9 Å². The van der Waals surface area contributed by atoms with E-state index >= 15 is 0 Å².